The summed E-state index contributed by atoms with van der Waals surface area (Å²) in [6, 6.07) is 19.8. The number of nitrogens with zero attached hydrogens (tertiary/aromatic N) is 2. The summed E-state index contributed by atoms with van der Waals surface area (Å²) in [5, 5.41) is 0.696. The minimum Gasteiger partial charge on any atom is -0.466 e. The maximum absolute atomic E-state index is 12.1. The van der Waals surface area contributed by atoms with E-state index in [0.717, 1.165) is 56.0 Å². The third kappa shape index (κ3) is 6.73. The van der Waals surface area contributed by atoms with Gasteiger partial charge < -0.3 is 14.4 Å². The number of hydrogen-bond acceptors (Lipinski definition) is 5. The molecule has 0 saturated carbocycles. The lowest BCUT2D eigenvalue weighted by atomic mass is 9.98. The first-order valence-corrected chi connectivity index (χ1v) is 12.4. The number of anilines is 1. The minimum absolute atomic E-state index is 0.0573. The second kappa shape index (κ2) is 11.9. The molecule has 2 heterocycles. The third-order valence-electron chi connectivity index (χ3n) is 6.08. The zero-order valence-electron chi connectivity index (χ0n) is 19.6. The molecule has 3 aromatic rings. The number of benzene rings is 2. The number of esters is 1. The number of carbonyl (C=O) groups is 1. The van der Waals surface area contributed by atoms with Crippen molar-refractivity contribution in [2.45, 2.75) is 39.0 Å². The molecular weight excluding hydrogens is 448 g/mol. The summed E-state index contributed by atoms with van der Waals surface area (Å²) in [5.74, 6) is 2.38. The predicted octanol–water partition coefficient (Wildman–Crippen LogP) is 6.48. The Morgan fingerprint density at radius 3 is 2.35 bits per heavy atom. The summed E-state index contributed by atoms with van der Waals surface area (Å²) in [6.07, 6.45) is 6.86. The maximum atomic E-state index is 12.1. The van der Waals surface area contributed by atoms with Crippen LogP contribution in [-0.4, -0.2) is 30.6 Å². The Labute approximate surface area is 206 Å². The van der Waals surface area contributed by atoms with E-state index in [-0.39, 0.29) is 11.9 Å². The molecule has 1 aliphatic rings. The summed E-state index contributed by atoms with van der Waals surface area (Å²) >= 11 is 5.92. The van der Waals surface area contributed by atoms with E-state index >= 15 is 0 Å². The molecule has 1 fully saturated rings. The van der Waals surface area contributed by atoms with Gasteiger partial charge >= 0.3 is 5.97 Å². The molecule has 178 valence electrons. The molecule has 6 heteroatoms. The van der Waals surface area contributed by atoms with Gasteiger partial charge in [-0.1, -0.05) is 29.8 Å². The van der Waals surface area contributed by atoms with E-state index in [4.69, 9.17) is 21.1 Å². The Hall–Kier alpha value is -3.05. The zero-order chi connectivity index (χ0) is 23.8. The van der Waals surface area contributed by atoms with Crippen molar-refractivity contribution in [3.05, 3.63) is 83.0 Å². The number of ether oxygens (including phenoxy) is 2. The first-order valence-electron chi connectivity index (χ1n) is 12.0. The fourth-order valence-electron chi connectivity index (χ4n) is 4.25. The Balaban J connectivity index is 1.23. The molecule has 1 saturated heterocycles. The van der Waals surface area contributed by atoms with Gasteiger partial charge in [-0.2, -0.15) is 0 Å². The minimum atomic E-state index is -0.0894. The number of hydrogen-bond donors (Lipinski definition) is 0. The molecule has 2 aromatic carbocycles. The first kappa shape index (κ1) is 24.1. The number of aryl methyl sites for hydroxylation is 2. The van der Waals surface area contributed by atoms with E-state index in [1.807, 2.05) is 49.5 Å². The fourth-order valence-corrected chi connectivity index (χ4v) is 4.37. The molecule has 0 N–H and O–H groups in total. The van der Waals surface area contributed by atoms with Crippen molar-refractivity contribution in [1.82, 2.24) is 4.98 Å². The molecule has 0 spiro atoms. The van der Waals surface area contributed by atoms with Crippen LogP contribution in [-0.2, 0) is 22.4 Å². The van der Waals surface area contributed by atoms with Gasteiger partial charge in [0.25, 0.3) is 0 Å². The number of piperidine rings is 1. The Morgan fingerprint density at radius 2 is 1.68 bits per heavy atom. The average molecular weight is 479 g/mol. The molecule has 1 atom stereocenters. The van der Waals surface area contributed by atoms with Gasteiger partial charge in [-0.25, -0.2) is 4.98 Å². The van der Waals surface area contributed by atoms with Crippen molar-refractivity contribution < 1.29 is 14.3 Å². The summed E-state index contributed by atoms with van der Waals surface area (Å²) in [5.41, 5.74) is 2.51. The molecule has 4 rings (SSSR count). The van der Waals surface area contributed by atoms with Crippen LogP contribution in [0.1, 0.15) is 37.3 Å². The zero-order valence-corrected chi connectivity index (χ0v) is 20.3. The molecule has 1 aromatic heterocycles. The average Bonchev–Trinajstić information content (AvgIpc) is 2.87. The van der Waals surface area contributed by atoms with Crippen molar-refractivity contribution in [2.75, 3.05) is 24.6 Å². The lowest BCUT2D eigenvalue weighted by molar-refractivity contribution is -0.148. The summed E-state index contributed by atoms with van der Waals surface area (Å²) in [4.78, 5) is 19.0. The standard InChI is InChI=1S/C28H31ClN2O3/c1-2-33-28(32)23-7-4-18-31(20-23)27-17-10-22(19-30-27)6-3-5-21-8-13-25(14-9-21)34-26-15-11-24(29)12-16-26/h8-17,19,23H,2-7,18,20H2,1H3. The van der Waals surface area contributed by atoms with Gasteiger partial charge in [-0.05, 0) is 92.6 Å². The SMILES string of the molecule is CCOC(=O)C1CCCN(c2ccc(CCCc3ccc(Oc4ccc(Cl)cc4)cc3)cn2)C1. The van der Waals surface area contributed by atoms with E-state index in [2.05, 4.69) is 34.1 Å². The van der Waals surface area contributed by atoms with Crippen molar-refractivity contribution in [3.8, 4) is 11.5 Å². The van der Waals surface area contributed by atoms with Crippen LogP contribution in [0.2, 0.25) is 5.02 Å². The molecular formula is C28H31ClN2O3. The van der Waals surface area contributed by atoms with Crippen LogP contribution in [0.4, 0.5) is 5.82 Å². The summed E-state index contributed by atoms with van der Waals surface area (Å²) in [6.45, 7) is 3.90. The van der Waals surface area contributed by atoms with E-state index in [0.29, 0.717) is 18.2 Å². The molecule has 1 unspecified atom stereocenters. The van der Waals surface area contributed by atoms with E-state index in [9.17, 15) is 4.79 Å². The lowest BCUT2D eigenvalue weighted by Gasteiger charge is -2.32. The highest BCUT2D eigenvalue weighted by molar-refractivity contribution is 6.30. The molecule has 0 aliphatic carbocycles. The number of carbonyl (C=O) groups excluding carboxylic acids is 1. The van der Waals surface area contributed by atoms with Crippen LogP contribution in [0.5, 0.6) is 11.5 Å². The van der Waals surface area contributed by atoms with E-state index in [1.165, 1.54) is 11.1 Å². The van der Waals surface area contributed by atoms with Gasteiger partial charge in [0.15, 0.2) is 0 Å². The molecule has 0 radical (unpaired) electrons. The largest absolute Gasteiger partial charge is 0.466 e. The molecule has 0 amide bonds. The van der Waals surface area contributed by atoms with Crippen LogP contribution < -0.4 is 9.64 Å². The predicted molar refractivity (Wildman–Crippen MR) is 136 cm³/mol. The summed E-state index contributed by atoms with van der Waals surface area (Å²) in [7, 11) is 0. The van der Waals surface area contributed by atoms with Crippen LogP contribution in [0.15, 0.2) is 66.9 Å². The molecule has 5 nitrogen and oxygen atoms in total. The van der Waals surface area contributed by atoms with Crippen molar-refractivity contribution >= 4 is 23.4 Å². The number of rotatable bonds is 9. The normalized spacial score (nSPS) is 15.7. The van der Waals surface area contributed by atoms with E-state index < -0.39 is 0 Å². The maximum Gasteiger partial charge on any atom is 0.310 e. The van der Waals surface area contributed by atoms with Crippen LogP contribution in [0, 0.1) is 5.92 Å². The van der Waals surface area contributed by atoms with Gasteiger partial charge in [0.2, 0.25) is 0 Å². The Kier molecular flexibility index (Phi) is 8.42. The van der Waals surface area contributed by atoms with E-state index in [1.54, 1.807) is 0 Å². The molecule has 1 aliphatic heterocycles. The fraction of sp³-hybridized carbons (Fsp3) is 0.357. The quantitative estimate of drug-likeness (QED) is 0.329. The lowest BCUT2D eigenvalue weighted by Crippen LogP contribution is -2.39. The van der Waals surface area contributed by atoms with Crippen LogP contribution in [0.25, 0.3) is 0 Å². The number of pyridine rings is 1. The summed E-state index contributed by atoms with van der Waals surface area (Å²) < 4.78 is 11.1. The van der Waals surface area contributed by atoms with Crippen molar-refractivity contribution in [2.24, 2.45) is 5.92 Å². The third-order valence-corrected chi connectivity index (χ3v) is 6.33. The van der Waals surface area contributed by atoms with Crippen molar-refractivity contribution in [1.29, 1.82) is 0 Å². The van der Waals surface area contributed by atoms with Gasteiger partial charge in [-0.3, -0.25) is 4.79 Å². The number of halogens is 1. The van der Waals surface area contributed by atoms with Crippen LogP contribution in [0.3, 0.4) is 0 Å². The Morgan fingerprint density at radius 1 is 1.00 bits per heavy atom. The first-order chi connectivity index (χ1) is 16.6. The highest BCUT2D eigenvalue weighted by Crippen LogP contribution is 2.25. The van der Waals surface area contributed by atoms with Gasteiger partial charge in [-0.15, -0.1) is 0 Å². The van der Waals surface area contributed by atoms with Crippen molar-refractivity contribution in [3.63, 3.8) is 0 Å². The second-order valence-electron chi connectivity index (χ2n) is 8.62. The smallest absolute Gasteiger partial charge is 0.310 e. The topological polar surface area (TPSA) is 51.7 Å². The van der Waals surface area contributed by atoms with Gasteiger partial charge in [0.1, 0.15) is 17.3 Å². The monoisotopic (exact) mass is 478 g/mol. The highest BCUT2D eigenvalue weighted by atomic mass is 35.5. The second-order valence-corrected chi connectivity index (χ2v) is 9.05. The highest BCUT2D eigenvalue weighted by Gasteiger charge is 2.27. The molecule has 0 bridgehead atoms. The van der Waals surface area contributed by atoms with Crippen LogP contribution >= 0.6 is 11.6 Å². The van der Waals surface area contributed by atoms with Gasteiger partial charge in [0.05, 0.1) is 12.5 Å². The van der Waals surface area contributed by atoms with Gasteiger partial charge in [0, 0.05) is 24.3 Å². The Bertz CT molecular complexity index is 1050. The number of aromatic nitrogens is 1. The molecule has 34 heavy (non-hydrogen) atoms.